The van der Waals surface area contributed by atoms with Crippen LogP contribution in [0.5, 0.6) is 28.7 Å². The molecular weight excluding hydrogens is 566 g/mol. The Kier molecular flexibility index (Phi) is 9.96. The van der Waals surface area contributed by atoms with Crippen LogP contribution in [0, 0.1) is 0 Å². The van der Waals surface area contributed by atoms with E-state index in [2.05, 4.69) is 21.2 Å². The Morgan fingerprint density at radius 3 is 2.23 bits per heavy atom. The quantitative estimate of drug-likeness (QED) is 0.304. The monoisotopic (exact) mass is 605 g/mol. The van der Waals surface area contributed by atoms with Crippen molar-refractivity contribution in [2.45, 2.75) is 18.9 Å². The van der Waals surface area contributed by atoms with Crippen LogP contribution < -0.4 is 33.9 Å². The van der Waals surface area contributed by atoms with E-state index in [9.17, 15) is 9.59 Å². The van der Waals surface area contributed by atoms with Gasteiger partial charge in [0.05, 0.1) is 39.7 Å². The summed E-state index contributed by atoms with van der Waals surface area (Å²) in [5.74, 6) is 1.97. The topological polar surface area (TPSA) is 108 Å². The van der Waals surface area contributed by atoms with Crippen LogP contribution in [0.4, 0.5) is 11.4 Å². The molecule has 234 valence electrons. The first kappa shape index (κ1) is 30.8. The number of nitrogens with zero attached hydrogens (tertiary/aromatic N) is 2. The minimum atomic E-state index is -0.593. The summed E-state index contributed by atoms with van der Waals surface area (Å²) in [6.45, 7) is 3.70. The van der Waals surface area contributed by atoms with Gasteiger partial charge in [-0.1, -0.05) is 18.2 Å². The molecule has 5 rings (SSSR count). The van der Waals surface area contributed by atoms with Gasteiger partial charge in [0, 0.05) is 50.9 Å². The number of hydrogen-bond acceptors (Lipinski definition) is 10. The smallest absolute Gasteiger partial charge is 0.338 e. The average Bonchev–Trinajstić information content (AvgIpc) is 3.06. The van der Waals surface area contributed by atoms with Crippen molar-refractivity contribution < 1.29 is 38.0 Å². The van der Waals surface area contributed by atoms with Gasteiger partial charge in [-0.25, -0.2) is 4.79 Å². The van der Waals surface area contributed by atoms with E-state index in [-0.39, 0.29) is 18.1 Å². The Bertz CT molecular complexity index is 1450. The van der Waals surface area contributed by atoms with Crippen LogP contribution in [0.3, 0.4) is 0 Å². The molecule has 1 amide bonds. The molecule has 1 unspecified atom stereocenters. The van der Waals surface area contributed by atoms with E-state index in [4.69, 9.17) is 28.4 Å². The molecule has 0 radical (unpaired) electrons. The Hall–Kier alpha value is -4.64. The Morgan fingerprint density at radius 1 is 0.841 bits per heavy atom. The number of para-hydroxylation sites is 2. The van der Waals surface area contributed by atoms with Gasteiger partial charge >= 0.3 is 5.97 Å². The second-order valence-electron chi connectivity index (χ2n) is 10.6. The minimum absolute atomic E-state index is 0.0148. The van der Waals surface area contributed by atoms with Gasteiger partial charge in [-0.05, 0) is 42.3 Å². The SMILES string of the molecule is COc1ccccc1N1CCN(CC(COc2ccc3c(c2)NC(=O)CC3)OC(=O)c2cc(OC)c(OC)c(OC)c2)CC1. The average molecular weight is 606 g/mol. The molecule has 11 heteroatoms. The lowest BCUT2D eigenvalue weighted by atomic mass is 10.0. The molecule has 1 saturated heterocycles. The standard InChI is InChI=1S/C33H39N3O8/c1-39-28-8-6-5-7-27(28)36-15-13-35(14-16-36)20-25(21-43-24-11-9-22-10-12-31(37)34-26(22)19-24)44-33(38)23-17-29(40-2)32(42-4)30(18-23)41-3/h5-9,11,17-19,25H,10,12-16,20-21H2,1-4H3,(H,34,37). The zero-order valence-corrected chi connectivity index (χ0v) is 25.6. The lowest BCUT2D eigenvalue weighted by Gasteiger charge is -2.37. The molecule has 2 aliphatic rings. The largest absolute Gasteiger partial charge is 0.495 e. The van der Waals surface area contributed by atoms with Crippen molar-refractivity contribution in [1.29, 1.82) is 0 Å². The van der Waals surface area contributed by atoms with Gasteiger partial charge in [0.1, 0.15) is 24.2 Å². The molecule has 0 saturated carbocycles. The molecule has 3 aromatic carbocycles. The number of benzene rings is 3. The second kappa shape index (κ2) is 14.2. The third-order valence-corrected chi connectivity index (χ3v) is 7.85. The fourth-order valence-electron chi connectivity index (χ4n) is 5.52. The van der Waals surface area contributed by atoms with Gasteiger partial charge in [0.25, 0.3) is 0 Å². The van der Waals surface area contributed by atoms with E-state index in [0.717, 1.165) is 48.9 Å². The number of rotatable bonds is 12. The summed E-state index contributed by atoms with van der Waals surface area (Å²) in [5.41, 5.74) is 3.14. The molecule has 1 fully saturated rings. The molecule has 1 N–H and O–H groups in total. The minimum Gasteiger partial charge on any atom is -0.495 e. The number of carbonyl (C=O) groups excluding carboxylic acids is 2. The summed E-state index contributed by atoms with van der Waals surface area (Å²) >= 11 is 0. The number of piperazine rings is 1. The van der Waals surface area contributed by atoms with E-state index in [1.807, 2.05) is 36.4 Å². The predicted molar refractivity (Wildman–Crippen MR) is 166 cm³/mol. The number of methoxy groups -OCH3 is 4. The summed E-state index contributed by atoms with van der Waals surface area (Å²) in [5, 5.41) is 2.90. The third-order valence-electron chi connectivity index (χ3n) is 7.85. The molecular formula is C33H39N3O8. The number of esters is 1. The van der Waals surface area contributed by atoms with Crippen LogP contribution in [-0.4, -0.2) is 90.7 Å². The van der Waals surface area contributed by atoms with Gasteiger partial charge in [0.15, 0.2) is 11.5 Å². The van der Waals surface area contributed by atoms with Gasteiger partial charge in [-0.15, -0.1) is 0 Å². The summed E-state index contributed by atoms with van der Waals surface area (Å²) < 4.78 is 34.0. The number of anilines is 2. The Morgan fingerprint density at radius 2 is 1.55 bits per heavy atom. The maximum Gasteiger partial charge on any atom is 0.338 e. The number of hydrogen-bond donors (Lipinski definition) is 1. The van der Waals surface area contributed by atoms with Crippen LogP contribution in [0.15, 0.2) is 54.6 Å². The Balaban J connectivity index is 1.30. The van der Waals surface area contributed by atoms with E-state index in [0.29, 0.717) is 42.4 Å². The third kappa shape index (κ3) is 7.11. The van der Waals surface area contributed by atoms with Crippen molar-refractivity contribution in [2.24, 2.45) is 0 Å². The molecule has 3 aromatic rings. The first-order valence-corrected chi connectivity index (χ1v) is 14.6. The maximum absolute atomic E-state index is 13.5. The summed E-state index contributed by atoms with van der Waals surface area (Å²) in [6, 6.07) is 16.8. The number of amides is 1. The highest BCUT2D eigenvalue weighted by Crippen LogP contribution is 2.38. The maximum atomic E-state index is 13.5. The van der Waals surface area contributed by atoms with Crippen molar-refractivity contribution >= 4 is 23.3 Å². The normalized spacial score (nSPS) is 15.5. The van der Waals surface area contributed by atoms with Gasteiger partial charge in [0.2, 0.25) is 11.7 Å². The summed E-state index contributed by atoms with van der Waals surface area (Å²) in [6.07, 6.45) is 0.568. The molecule has 0 bridgehead atoms. The summed E-state index contributed by atoms with van der Waals surface area (Å²) in [4.78, 5) is 29.9. The second-order valence-corrected chi connectivity index (χ2v) is 10.6. The fourth-order valence-corrected chi connectivity index (χ4v) is 5.52. The van der Waals surface area contributed by atoms with Gasteiger partial charge in [-0.2, -0.15) is 0 Å². The highest BCUT2D eigenvalue weighted by Gasteiger charge is 2.26. The molecule has 0 aromatic heterocycles. The van der Waals surface area contributed by atoms with E-state index in [1.165, 1.54) is 21.3 Å². The molecule has 11 nitrogen and oxygen atoms in total. The predicted octanol–water partition coefficient (Wildman–Crippen LogP) is 4.03. The zero-order chi connectivity index (χ0) is 31.1. The first-order valence-electron chi connectivity index (χ1n) is 14.6. The number of fused-ring (bicyclic) bond motifs is 1. The molecule has 1 atom stereocenters. The number of carbonyl (C=O) groups is 2. The van der Waals surface area contributed by atoms with Crippen LogP contribution in [0.25, 0.3) is 0 Å². The number of nitrogens with one attached hydrogen (secondary N) is 1. The molecule has 0 aliphatic carbocycles. The van der Waals surface area contributed by atoms with Crippen LogP contribution in [0.1, 0.15) is 22.3 Å². The van der Waals surface area contributed by atoms with Crippen LogP contribution >= 0.6 is 0 Å². The van der Waals surface area contributed by atoms with E-state index in [1.54, 1.807) is 19.2 Å². The van der Waals surface area contributed by atoms with Crippen molar-refractivity contribution in [1.82, 2.24) is 4.90 Å². The van der Waals surface area contributed by atoms with Crippen LogP contribution in [-0.2, 0) is 16.0 Å². The van der Waals surface area contributed by atoms with Crippen molar-refractivity contribution in [3.8, 4) is 28.7 Å². The van der Waals surface area contributed by atoms with E-state index < -0.39 is 12.1 Å². The molecule has 2 heterocycles. The number of aryl methyl sites for hydroxylation is 1. The molecule has 0 spiro atoms. The van der Waals surface area contributed by atoms with Crippen LogP contribution in [0.2, 0.25) is 0 Å². The van der Waals surface area contributed by atoms with E-state index >= 15 is 0 Å². The van der Waals surface area contributed by atoms with Gasteiger partial charge in [-0.3, -0.25) is 9.69 Å². The Labute approximate surface area is 257 Å². The zero-order valence-electron chi connectivity index (χ0n) is 25.6. The number of ether oxygens (including phenoxy) is 6. The lowest BCUT2D eigenvalue weighted by Crippen LogP contribution is -2.50. The highest BCUT2D eigenvalue weighted by molar-refractivity contribution is 5.94. The van der Waals surface area contributed by atoms with Gasteiger partial charge < -0.3 is 38.6 Å². The first-order chi connectivity index (χ1) is 21.4. The van der Waals surface area contributed by atoms with Crippen molar-refractivity contribution in [3.63, 3.8) is 0 Å². The summed E-state index contributed by atoms with van der Waals surface area (Å²) in [7, 11) is 6.17. The van der Waals surface area contributed by atoms with Crippen molar-refractivity contribution in [2.75, 3.05) is 78.0 Å². The van der Waals surface area contributed by atoms with Crippen molar-refractivity contribution in [3.05, 3.63) is 65.7 Å². The fraction of sp³-hybridized carbons (Fsp3) is 0.394. The lowest BCUT2D eigenvalue weighted by molar-refractivity contribution is -0.116. The molecule has 2 aliphatic heterocycles. The highest BCUT2D eigenvalue weighted by atomic mass is 16.6. The molecule has 44 heavy (non-hydrogen) atoms.